The molecule has 0 bridgehead atoms. The maximum atomic E-state index is 12.1. The normalized spacial score (nSPS) is 13.5. The molecule has 0 aliphatic carbocycles. The zero-order chi connectivity index (χ0) is 20.4. The van der Waals surface area contributed by atoms with Crippen LogP contribution in [0.25, 0.3) is 0 Å². The Morgan fingerprint density at radius 3 is 2.46 bits per heavy atom. The molecule has 0 saturated heterocycles. The summed E-state index contributed by atoms with van der Waals surface area (Å²) in [6.45, 7) is 5.60. The van der Waals surface area contributed by atoms with Gasteiger partial charge in [-0.25, -0.2) is 4.99 Å². The van der Waals surface area contributed by atoms with Crippen LogP contribution in [0.4, 0.5) is 0 Å². The fourth-order valence-electron chi connectivity index (χ4n) is 2.55. The molecule has 1 unspecified atom stereocenters. The first-order chi connectivity index (χ1) is 13.4. The van der Waals surface area contributed by atoms with Crippen LogP contribution in [0.5, 0.6) is 0 Å². The summed E-state index contributed by atoms with van der Waals surface area (Å²) in [6.07, 6.45) is 0. The van der Waals surface area contributed by atoms with Crippen LogP contribution in [-0.4, -0.2) is 43.2 Å². The molecule has 6 nitrogen and oxygen atoms in total. The van der Waals surface area contributed by atoms with E-state index in [4.69, 9.17) is 0 Å². The molecular formula is C21H27BrN4O2. The highest BCUT2D eigenvalue weighted by atomic mass is 79.9. The molecule has 0 saturated carbocycles. The molecule has 0 heterocycles. The van der Waals surface area contributed by atoms with E-state index in [9.17, 15) is 9.90 Å². The second-order valence-corrected chi connectivity index (χ2v) is 7.44. The van der Waals surface area contributed by atoms with E-state index in [0.29, 0.717) is 31.2 Å². The van der Waals surface area contributed by atoms with E-state index in [-0.39, 0.29) is 12.5 Å². The van der Waals surface area contributed by atoms with Gasteiger partial charge in [-0.2, -0.15) is 0 Å². The van der Waals surface area contributed by atoms with Gasteiger partial charge in [0.05, 0.1) is 6.54 Å². The van der Waals surface area contributed by atoms with Crippen LogP contribution in [0.3, 0.4) is 0 Å². The van der Waals surface area contributed by atoms with Crippen molar-refractivity contribution in [2.45, 2.75) is 19.4 Å². The average Bonchev–Trinajstić information content (AvgIpc) is 2.69. The fraction of sp³-hybridized carbons (Fsp3) is 0.333. The van der Waals surface area contributed by atoms with Gasteiger partial charge in [-0.3, -0.25) is 4.79 Å². The van der Waals surface area contributed by atoms with Gasteiger partial charge in [-0.05, 0) is 37.6 Å². The number of aliphatic imine (C=N–C) groups is 1. The van der Waals surface area contributed by atoms with E-state index in [0.717, 1.165) is 10.0 Å². The minimum absolute atomic E-state index is 0.128. The number of hydrogen-bond acceptors (Lipinski definition) is 3. The van der Waals surface area contributed by atoms with E-state index >= 15 is 0 Å². The number of amides is 1. The van der Waals surface area contributed by atoms with Crippen molar-refractivity contribution in [3.8, 4) is 0 Å². The molecule has 150 valence electrons. The van der Waals surface area contributed by atoms with Gasteiger partial charge >= 0.3 is 0 Å². The first kappa shape index (κ1) is 21.9. The predicted octanol–water partition coefficient (Wildman–Crippen LogP) is 2.64. The Hall–Kier alpha value is -2.38. The molecule has 0 aliphatic rings. The van der Waals surface area contributed by atoms with Crippen molar-refractivity contribution in [2.24, 2.45) is 4.99 Å². The Labute approximate surface area is 174 Å². The average molecular weight is 447 g/mol. The van der Waals surface area contributed by atoms with Crippen LogP contribution in [0.15, 0.2) is 64.1 Å². The monoisotopic (exact) mass is 446 g/mol. The van der Waals surface area contributed by atoms with Gasteiger partial charge in [-0.1, -0.05) is 52.3 Å². The summed E-state index contributed by atoms with van der Waals surface area (Å²) in [7, 11) is 0. The van der Waals surface area contributed by atoms with Gasteiger partial charge in [0, 0.05) is 29.7 Å². The fourth-order valence-corrected chi connectivity index (χ4v) is 2.95. The third-order valence-electron chi connectivity index (χ3n) is 4.07. The lowest BCUT2D eigenvalue weighted by Crippen LogP contribution is -2.42. The SMILES string of the molecule is CCNC(=NCC(C)(O)c1ccccc1)NCCNC(=O)c1cccc(Br)c1. The highest BCUT2D eigenvalue weighted by Crippen LogP contribution is 2.20. The number of carbonyl (C=O) groups is 1. The van der Waals surface area contributed by atoms with Crippen LogP contribution in [0.1, 0.15) is 29.8 Å². The van der Waals surface area contributed by atoms with E-state index in [1.807, 2.05) is 49.4 Å². The number of halogens is 1. The van der Waals surface area contributed by atoms with E-state index in [1.54, 1.807) is 19.1 Å². The van der Waals surface area contributed by atoms with Gasteiger partial charge in [0.2, 0.25) is 0 Å². The summed E-state index contributed by atoms with van der Waals surface area (Å²) < 4.78 is 0.866. The number of nitrogens with one attached hydrogen (secondary N) is 3. The molecule has 2 aromatic rings. The Morgan fingerprint density at radius 1 is 1.07 bits per heavy atom. The molecule has 0 radical (unpaired) electrons. The molecular weight excluding hydrogens is 420 g/mol. The summed E-state index contributed by atoms with van der Waals surface area (Å²) >= 11 is 3.36. The van der Waals surface area contributed by atoms with Gasteiger partial charge in [0.15, 0.2) is 5.96 Å². The largest absolute Gasteiger partial charge is 0.384 e. The lowest BCUT2D eigenvalue weighted by Gasteiger charge is -2.22. The number of carbonyl (C=O) groups excluding carboxylic acids is 1. The zero-order valence-electron chi connectivity index (χ0n) is 16.2. The Kier molecular flexibility index (Phi) is 8.47. The second kappa shape index (κ2) is 10.8. The van der Waals surface area contributed by atoms with Crippen LogP contribution in [-0.2, 0) is 5.60 Å². The highest BCUT2D eigenvalue weighted by molar-refractivity contribution is 9.10. The van der Waals surface area contributed by atoms with Crippen molar-refractivity contribution in [1.82, 2.24) is 16.0 Å². The maximum Gasteiger partial charge on any atom is 0.251 e. The molecule has 0 spiro atoms. The maximum absolute atomic E-state index is 12.1. The summed E-state index contributed by atoms with van der Waals surface area (Å²) in [6, 6.07) is 16.7. The van der Waals surface area contributed by atoms with Crippen LogP contribution >= 0.6 is 15.9 Å². The predicted molar refractivity (Wildman–Crippen MR) is 116 cm³/mol. The number of guanidine groups is 1. The highest BCUT2D eigenvalue weighted by Gasteiger charge is 2.22. The number of aliphatic hydroxyl groups is 1. The molecule has 1 amide bonds. The zero-order valence-corrected chi connectivity index (χ0v) is 17.8. The van der Waals surface area contributed by atoms with Gasteiger partial charge in [-0.15, -0.1) is 0 Å². The molecule has 0 fully saturated rings. The van der Waals surface area contributed by atoms with Crippen LogP contribution in [0, 0.1) is 0 Å². The third kappa shape index (κ3) is 6.98. The van der Waals surface area contributed by atoms with E-state index in [2.05, 4.69) is 36.9 Å². The number of rotatable bonds is 8. The molecule has 2 rings (SSSR count). The summed E-state index contributed by atoms with van der Waals surface area (Å²) in [5.74, 6) is 0.465. The molecule has 28 heavy (non-hydrogen) atoms. The molecule has 4 N–H and O–H groups in total. The number of hydrogen-bond donors (Lipinski definition) is 4. The summed E-state index contributed by atoms with van der Waals surface area (Å²) in [5.41, 5.74) is 0.364. The van der Waals surface area contributed by atoms with E-state index in [1.165, 1.54) is 0 Å². The van der Waals surface area contributed by atoms with Gasteiger partial charge in [0.25, 0.3) is 5.91 Å². The first-order valence-electron chi connectivity index (χ1n) is 9.26. The summed E-state index contributed by atoms with van der Waals surface area (Å²) in [5, 5.41) is 19.8. The Balaban J connectivity index is 1.85. The molecule has 0 aromatic heterocycles. The van der Waals surface area contributed by atoms with Crippen molar-refractivity contribution in [3.63, 3.8) is 0 Å². The lowest BCUT2D eigenvalue weighted by atomic mass is 9.96. The molecule has 2 aromatic carbocycles. The number of benzene rings is 2. The van der Waals surface area contributed by atoms with Crippen molar-refractivity contribution in [3.05, 3.63) is 70.2 Å². The lowest BCUT2D eigenvalue weighted by molar-refractivity contribution is 0.0672. The number of nitrogens with zero attached hydrogens (tertiary/aromatic N) is 1. The Bertz CT molecular complexity index is 794. The van der Waals surface area contributed by atoms with Crippen LogP contribution in [0.2, 0.25) is 0 Å². The van der Waals surface area contributed by atoms with Gasteiger partial charge in [0.1, 0.15) is 5.60 Å². The van der Waals surface area contributed by atoms with Crippen molar-refractivity contribution >= 4 is 27.8 Å². The van der Waals surface area contributed by atoms with Crippen molar-refractivity contribution in [1.29, 1.82) is 0 Å². The Morgan fingerprint density at radius 2 is 1.79 bits per heavy atom. The quantitative estimate of drug-likeness (QED) is 0.285. The minimum Gasteiger partial charge on any atom is -0.384 e. The third-order valence-corrected chi connectivity index (χ3v) is 4.57. The van der Waals surface area contributed by atoms with Crippen LogP contribution < -0.4 is 16.0 Å². The standard InChI is InChI=1S/C21H27BrN4O2/c1-3-23-20(26-15-21(2,28)17-9-5-4-6-10-17)25-13-12-24-19(27)16-8-7-11-18(22)14-16/h4-11,14,28H,3,12-13,15H2,1-2H3,(H,24,27)(H2,23,25,26). The molecule has 1 atom stereocenters. The minimum atomic E-state index is -1.06. The van der Waals surface area contributed by atoms with Crippen molar-refractivity contribution in [2.75, 3.05) is 26.2 Å². The smallest absolute Gasteiger partial charge is 0.251 e. The first-order valence-corrected chi connectivity index (χ1v) is 10.1. The molecule has 7 heteroatoms. The summed E-state index contributed by atoms with van der Waals surface area (Å²) in [4.78, 5) is 16.6. The molecule has 0 aliphatic heterocycles. The van der Waals surface area contributed by atoms with Crippen molar-refractivity contribution < 1.29 is 9.90 Å². The van der Waals surface area contributed by atoms with Gasteiger partial charge < -0.3 is 21.1 Å². The van der Waals surface area contributed by atoms with E-state index < -0.39 is 5.60 Å². The topological polar surface area (TPSA) is 85.8 Å². The second-order valence-electron chi connectivity index (χ2n) is 6.53.